The number of fused-ring (bicyclic) bond motifs is 1. The Morgan fingerprint density at radius 3 is 2.69 bits per heavy atom. The quantitative estimate of drug-likeness (QED) is 0.695. The SMILES string of the molecule is CCOC(=O)c1c(NC(=O)C(C)OC(=O)c2cccc(O)c2)sc2c1CCCC2. The second kappa shape index (κ2) is 9.09. The maximum atomic E-state index is 12.6. The lowest BCUT2D eigenvalue weighted by molar-refractivity contribution is -0.123. The third-order valence-corrected chi connectivity index (χ3v) is 5.83. The summed E-state index contributed by atoms with van der Waals surface area (Å²) in [6.45, 7) is 3.43. The van der Waals surface area contributed by atoms with Crippen LogP contribution in [0.3, 0.4) is 0 Å². The van der Waals surface area contributed by atoms with Gasteiger partial charge < -0.3 is 19.9 Å². The third kappa shape index (κ3) is 4.76. The van der Waals surface area contributed by atoms with Crippen molar-refractivity contribution in [2.45, 2.75) is 45.6 Å². The van der Waals surface area contributed by atoms with Crippen LogP contribution in [-0.2, 0) is 27.1 Å². The molecule has 1 amide bonds. The number of thiophene rings is 1. The second-order valence-corrected chi connectivity index (χ2v) is 7.83. The molecule has 1 heterocycles. The highest BCUT2D eigenvalue weighted by Crippen LogP contribution is 2.38. The van der Waals surface area contributed by atoms with Crippen LogP contribution in [0.25, 0.3) is 0 Å². The van der Waals surface area contributed by atoms with Crippen molar-refractivity contribution in [1.82, 2.24) is 0 Å². The fourth-order valence-corrected chi connectivity index (χ4v) is 4.48. The van der Waals surface area contributed by atoms with Crippen LogP contribution in [0.1, 0.15) is 57.8 Å². The highest BCUT2D eigenvalue weighted by atomic mass is 32.1. The number of hydrogen-bond acceptors (Lipinski definition) is 7. The smallest absolute Gasteiger partial charge is 0.341 e. The van der Waals surface area contributed by atoms with Crippen molar-refractivity contribution < 1.29 is 29.0 Å². The van der Waals surface area contributed by atoms with Gasteiger partial charge in [-0.05, 0) is 63.3 Å². The normalized spacial score (nSPS) is 13.9. The minimum Gasteiger partial charge on any atom is -0.508 e. The van der Waals surface area contributed by atoms with Gasteiger partial charge in [0.2, 0.25) is 0 Å². The molecule has 1 aromatic carbocycles. The second-order valence-electron chi connectivity index (χ2n) is 6.72. The molecule has 1 unspecified atom stereocenters. The van der Waals surface area contributed by atoms with E-state index in [9.17, 15) is 19.5 Å². The number of aromatic hydroxyl groups is 1. The Bertz CT molecular complexity index is 935. The van der Waals surface area contributed by atoms with E-state index in [-0.39, 0.29) is 17.9 Å². The standard InChI is InChI=1S/C21H23NO6S/c1-3-27-21(26)17-15-9-4-5-10-16(15)29-19(17)22-18(24)12(2)28-20(25)13-7-6-8-14(23)11-13/h6-8,11-12,23H,3-5,9-10H2,1-2H3,(H,22,24). The Balaban J connectivity index is 1.75. The van der Waals surface area contributed by atoms with Crippen LogP contribution in [0, 0.1) is 0 Å². The van der Waals surface area contributed by atoms with E-state index in [0.717, 1.165) is 36.1 Å². The van der Waals surface area contributed by atoms with Crippen LogP contribution in [0.15, 0.2) is 24.3 Å². The van der Waals surface area contributed by atoms with Crippen LogP contribution in [0.2, 0.25) is 0 Å². The number of carbonyl (C=O) groups excluding carboxylic acids is 3. The lowest BCUT2D eigenvalue weighted by Gasteiger charge is -2.14. The molecule has 1 aromatic heterocycles. The first-order valence-electron chi connectivity index (χ1n) is 9.53. The zero-order valence-electron chi connectivity index (χ0n) is 16.3. The molecular formula is C21H23NO6S. The number of nitrogens with one attached hydrogen (secondary N) is 1. The zero-order chi connectivity index (χ0) is 21.0. The van der Waals surface area contributed by atoms with E-state index < -0.39 is 23.9 Å². The average Bonchev–Trinajstić information content (AvgIpc) is 3.05. The van der Waals surface area contributed by atoms with Gasteiger partial charge in [-0.3, -0.25) is 4.79 Å². The van der Waals surface area contributed by atoms with Crippen LogP contribution < -0.4 is 5.32 Å². The number of carbonyl (C=O) groups is 3. The number of ether oxygens (including phenoxy) is 2. The van der Waals surface area contributed by atoms with Gasteiger partial charge in [0.1, 0.15) is 10.8 Å². The summed E-state index contributed by atoms with van der Waals surface area (Å²) in [6.07, 6.45) is 2.59. The van der Waals surface area contributed by atoms with Gasteiger partial charge in [-0.1, -0.05) is 6.07 Å². The van der Waals surface area contributed by atoms with Crippen molar-refractivity contribution in [2.75, 3.05) is 11.9 Å². The molecule has 1 aliphatic rings. The number of anilines is 1. The molecule has 2 aromatic rings. The van der Waals surface area contributed by atoms with Gasteiger partial charge in [-0.15, -0.1) is 11.3 Å². The lowest BCUT2D eigenvalue weighted by atomic mass is 9.95. The number of hydrogen-bond donors (Lipinski definition) is 2. The predicted molar refractivity (Wildman–Crippen MR) is 109 cm³/mol. The van der Waals surface area contributed by atoms with Crippen LogP contribution >= 0.6 is 11.3 Å². The minimum absolute atomic E-state index is 0.0696. The van der Waals surface area contributed by atoms with Crippen molar-refractivity contribution >= 4 is 34.2 Å². The maximum absolute atomic E-state index is 12.6. The number of phenols is 1. The first-order chi connectivity index (χ1) is 13.9. The van der Waals surface area contributed by atoms with Gasteiger partial charge in [0.05, 0.1) is 17.7 Å². The van der Waals surface area contributed by atoms with Crippen LogP contribution in [0.4, 0.5) is 5.00 Å². The average molecular weight is 417 g/mol. The predicted octanol–water partition coefficient (Wildman–Crippen LogP) is 3.69. The molecule has 154 valence electrons. The Hall–Kier alpha value is -2.87. The molecule has 29 heavy (non-hydrogen) atoms. The molecule has 2 N–H and O–H groups in total. The fraction of sp³-hybridized carbons (Fsp3) is 0.381. The van der Waals surface area contributed by atoms with Crippen molar-refractivity contribution in [3.63, 3.8) is 0 Å². The topological polar surface area (TPSA) is 102 Å². The molecule has 0 saturated carbocycles. The Morgan fingerprint density at radius 1 is 1.21 bits per heavy atom. The van der Waals surface area contributed by atoms with Gasteiger partial charge in [-0.2, -0.15) is 0 Å². The Kier molecular flexibility index (Phi) is 6.53. The number of benzene rings is 1. The summed E-state index contributed by atoms with van der Waals surface area (Å²) in [5.41, 5.74) is 1.49. The molecule has 7 nitrogen and oxygen atoms in total. The molecular weight excluding hydrogens is 394 g/mol. The van der Waals surface area contributed by atoms with E-state index in [2.05, 4.69) is 5.32 Å². The van der Waals surface area contributed by atoms with Gasteiger partial charge in [0, 0.05) is 4.88 Å². The maximum Gasteiger partial charge on any atom is 0.341 e. The largest absolute Gasteiger partial charge is 0.508 e. The molecule has 0 aliphatic heterocycles. The van der Waals surface area contributed by atoms with Crippen LogP contribution in [-0.4, -0.2) is 35.7 Å². The highest BCUT2D eigenvalue weighted by Gasteiger charge is 2.29. The Morgan fingerprint density at radius 2 is 1.97 bits per heavy atom. The van der Waals surface area contributed by atoms with E-state index in [0.29, 0.717) is 10.6 Å². The highest BCUT2D eigenvalue weighted by molar-refractivity contribution is 7.17. The van der Waals surface area contributed by atoms with E-state index >= 15 is 0 Å². The molecule has 1 atom stereocenters. The molecule has 0 bridgehead atoms. The number of aryl methyl sites for hydroxylation is 1. The van der Waals surface area contributed by atoms with Gasteiger partial charge in [0.25, 0.3) is 5.91 Å². The monoisotopic (exact) mass is 417 g/mol. The number of rotatable bonds is 6. The summed E-state index contributed by atoms with van der Waals surface area (Å²) in [6, 6.07) is 5.69. The van der Waals surface area contributed by atoms with E-state index in [4.69, 9.17) is 9.47 Å². The summed E-state index contributed by atoms with van der Waals surface area (Å²) in [5, 5.41) is 12.6. The van der Waals surface area contributed by atoms with E-state index in [1.165, 1.54) is 42.5 Å². The van der Waals surface area contributed by atoms with Crippen molar-refractivity contribution in [2.24, 2.45) is 0 Å². The molecule has 8 heteroatoms. The summed E-state index contributed by atoms with van der Waals surface area (Å²) >= 11 is 1.37. The molecule has 0 fully saturated rings. The van der Waals surface area contributed by atoms with Gasteiger partial charge in [0.15, 0.2) is 6.10 Å². The number of amides is 1. The fourth-order valence-electron chi connectivity index (χ4n) is 3.20. The van der Waals surface area contributed by atoms with Gasteiger partial charge >= 0.3 is 11.9 Å². The summed E-state index contributed by atoms with van der Waals surface area (Å²) in [5.74, 6) is -1.78. The van der Waals surface area contributed by atoms with E-state index in [1.54, 1.807) is 6.92 Å². The molecule has 0 radical (unpaired) electrons. The minimum atomic E-state index is -1.08. The Labute approximate surface area is 172 Å². The van der Waals surface area contributed by atoms with Crippen molar-refractivity contribution in [1.29, 1.82) is 0 Å². The first-order valence-corrected chi connectivity index (χ1v) is 10.3. The zero-order valence-corrected chi connectivity index (χ0v) is 17.1. The van der Waals surface area contributed by atoms with Crippen molar-refractivity contribution in [3.05, 3.63) is 45.8 Å². The number of esters is 2. The summed E-state index contributed by atoms with van der Waals surface area (Å²) in [7, 11) is 0. The van der Waals surface area contributed by atoms with E-state index in [1.807, 2.05) is 0 Å². The third-order valence-electron chi connectivity index (χ3n) is 4.62. The molecule has 0 saturated heterocycles. The number of phenolic OH excluding ortho intramolecular Hbond substituents is 1. The summed E-state index contributed by atoms with van der Waals surface area (Å²) < 4.78 is 10.4. The lowest BCUT2D eigenvalue weighted by Crippen LogP contribution is -2.30. The first kappa shape index (κ1) is 20.9. The molecule has 0 spiro atoms. The summed E-state index contributed by atoms with van der Waals surface area (Å²) in [4.78, 5) is 38.4. The van der Waals surface area contributed by atoms with Crippen LogP contribution in [0.5, 0.6) is 5.75 Å². The van der Waals surface area contributed by atoms with Crippen molar-refractivity contribution in [3.8, 4) is 5.75 Å². The molecule has 1 aliphatic carbocycles. The molecule has 3 rings (SSSR count). The van der Waals surface area contributed by atoms with Gasteiger partial charge in [-0.25, -0.2) is 9.59 Å².